The van der Waals surface area contributed by atoms with Crippen molar-refractivity contribution in [2.24, 2.45) is 11.8 Å². The van der Waals surface area contributed by atoms with E-state index in [2.05, 4.69) is 52.2 Å². The number of aliphatic hydroxyl groups is 2. The first kappa shape index (κ1) is 33.0. The summed E-state index contributed by atoms with van der Waals surface area (Å²) in [4.78, 5) is 20.3. The average Bonchev–Trinajstić information content (AvgIpc) is 2.73. The molecule has 4 bridgehead atoms. The fourth-order valence-corrected chi connectivity index (χ4v) is 7.66. The van der Waals surface area contributed by atoms with Gasteiger partial charge in [-0.2, -0.15) is 0 Å². The van der Waals surface area contributed by atoms with Crippen molar-refractivity contribution < 1.29 is 30.0 Å². The second kappa shape index (κ2) is 13.4. The highest BCUT2D eigenvalue weighted by atomic mass is 16.4. The molecule has 0 spiro atoms. The highest BCUT2D eigenvalue weighted by molar-refractivity contribution is 5.66. The van der Waals surface area contributed by atoms with E-state index in [1.165, 1.54) is 25.7 Å². The summed E-state index contributed by atoms with van der Waals surface area (Å²) in [7, 11) is 0. The zero-order valence-corrected chi connectivity index (χ0v) is 24.8. The molecule has 0 aromatic rings. The van der Waals surface area contributed by atoms with Crippen LogP contribution in [0.5, 0.6) is 0 Å². The summed E-state index contributed by atoms with van der Waals surface area (Å²) in [5, 5.41) is 43.7. The summed E-state index contributed by atoms with van der Waals surface area (Å²) in [6, 6.07) is 0. The van der Waals surface area contributed by atoms with Gasteiger partial charge in [0.25, 0.3) is 0 Å². The van der Waals surface area contributed by atoms with Gasteiger partial charge >= 0.3 is 11.9 Å². The maximum absolute atomic E-state index is 10.1. The number of piperidine rings is 4. The predicted octanol–water partition coefficient (Wildman–Crippen LogP) is 4.85. The lowest BCUT2D eigenvalue weighted by atomic mass is 9.63. The number of fused-ring (bicyclic) bond motifs is 6. The summed E-state index contributed by atoms with van der Waals surface area (Å²) >= 11 is 0. The van der Waals surface area contributed by atoms with Gasteiger partial charge < -0.3 is 31.1 Å². The third-order valence-corrected chi connectivity index (χ3v) is 9.40. The van der Waals surface area contributed by atoms with Crippen molar-refractivity contribution in [2.75, 3.05) is 0 Å². The molecule has 4 saturated heterocycles. The SMILES string of the molecule is CC12CCC(C(O)C1)C(C)(C)N2.CC12CCC(C(O)C1)C(C)(C)N2.O=C(O)CCCCCCCCC(=O)O. The minimum absolute atomic E-state index is 0.0833. The van der Waals surface area contributed by atoms with E-state index in [0.29, 0.717) is 11.8 Å². The molecule has 0 radical (unpaired) electrons. The summed E-state index contributed by atoms with van der Waals surface area (Å²) in [5.74, 6) is -0.564. The lowest BCUT2D eigenvalue weighted by Crippen LogP contribution is -2.69. The van der Waals surface area contributed by atoms with E-state index < -0.39 is 11.9 Å². The maximum Gasteiger partial charge on any atom is 0.303 e. The number of carboxylic acid groups (broad SMARTS) is 2. The molecule has 6 rings (SSSR count). The van der Waals surface area contributed by atoms with Gasteiger partial charge in [0.15, 0.2) is 0 Å². The molecule has 222 valence electrons. The summed E-state index contributed by atoms with van der Waals surface area (Å²) < 4.78 is 0. The number of unbranched alkanes of at least 4 members (excludes halogenated alkanes) is 5. The van der Waals surface area contributed by atoms with Crippen LogP contribution in [-0.4, -0.2) is 66.7 Å². The fourth-order valence-electron chi connectivity index (χ4n) is 7.66. The maximum atomic E-state index is 10.1. The minimum atomic E-state index is -0.740. The molecule has 2 saturated carbocycles. The van der Waals surface area contributed by atoms with Gasteiger partial charge in [-0.25, -0.2) is 0 Å². The molecule has 0 amide bonds. The third-order valence-electron chi connectivity index (χ3n) is 9.40. The second-order valence-electron chi connectivity index (χ2n) is 14.1. The zero-order chi connectivity index (χ0) is 28.8. The first-order chi connectivity index (χ1) is 17.5. The van der Waals surface area contributed by atoms with Crippen LogP contribution in [0, 0.1) is 11.8 Å². The predicted molar refractivity (Wildman–Crippen MR) is 150 cm³/mol. The summed E-state index contributed by atoms with van der Waals surface area (Å²) in [5.41, 5.74) is 0.644. The van der Waals surface area contributed by atoms with Gasteiger partial charge in [0.1, 0.15) is 0 Å². The molecule has 6 fully saturated rings. The Morgan fingerprint density at radius 3 is 1.18 bits per heavy atom. The average molecular weight is 541 g/mol. The van der Waals surface area contributed by atoms with Gasteiger partial charge in [-0.05, 0) is 92.9 Å². The van der Waals surface area contributed by atoms with Gasteiger partial charge in [0.2, 0.25) is 0 Å². The van der Waals surface area contributed by atoms with Crippen molar-refractivity contribution in [2.45, 2.75) is 166 Å². The van der Waals surface area contributed by atoms with Crippen LogP contribution in [0.25, 0.3) is 0 Å². The lowest BCUT2D eigenvalue weighted by Gasteiger charge is -2.57. The van der Waals surface area contributed by atoms with Gasteiger partial charge in [-0.15, -0.1) is 0 Å². The molecular formula is C30H56N2O6. The number of rotatable bonds is 9. The van der Waals surface area contributed by atoms with Crippen LogP contribution in [0.15, 0.2) is 0 Å². The van der Waals surface area contributed by atoms with Crippen LogP contribution in [-0.2, 0) is 9.59 Å². The van der Waals surface area contributed by atoms with Crippen LogP contribution in [0.3, 0.4) is 0 Å². The van der Waals surface area contributed by atoms with Crippen molar-refractivity contribution in [1.29, 1.82) is 0 Å². The van der Waals surface area contributed by atoms with E-state index in [1.807, 2.05) is 0 Å². The Morgan fingerprint density at radius 1 is 0.632 bits per heavy atom. The normalized spacial score (nSPS) is 35.9. The van der Waals surface area contributed by atoms with Crippen molar-refractivity contribution in [1.82, 2.24) is 10.6 Å². The van der Waals surface area contributed by atoms with Crippen molar-refractivity contribution in [3.8, 4) is 0 Å². The summed E-state index contributed by atoms with van der Waals surface area (Å²) in [6.07, 6.45) is 12.3. The molecule has 6 N–H and O–H groups in total. The Balaban J connectivity index is 0.000000200. The number of carboxylic acids is 2. The second-order valence-corrected chi connectivity index (χ2v) is 14.1. The van der Waals surface area contributed by atoms with Gasteiger partial charge in [0.05, 0.1) is 12.2 Å². The van der Waals surface area contributed by atoms with Crippen LogP contribution < -0.4 is 10.6 Å². The Labute approximate surface area is 230 Å². The Morgan fingerprint density at radius 2 is 0.947 bits per heavy atom. The van der Waals surface area contributed by atoms with Gasteiger partial charge in [0, 0.05) is 46.8 Å². The number of aliphatic carboxylic acids is 2. The van der Waals surface area contributed by atoms with E-state index in [-0.39, 0.29) is 47.2 Å². The standard InChI is InChI=1S/2C10H19NO.C10H18O4/c2*1-9(2)7-4-5-10(3,11-9)6-8(7)12;11-9(12)7-5-3-1-2-4-6-8-10(13)14/h2*7-8,11-12H,4-6H2,1-3H3;1-8H2,(H,11,12)(H,13,14). The number of nitrogens with one attached hydrogen (secondary N) is 2. The Bertz CT molecular complexity index is 717. The molecule has 4 heterocycles. The summed E-state index contributed by atoms with van der Waals surface area (Å²) in [6.45, 7) is 13.3. The van der Waals surface area contributed by atoms with E-state index in [0.717, 1.165) is 51.4 Å². The van der Waals surface area contributed by atoms with Crippen LogP contribution in [0.4, 0.5) is 0 Å². The van der Waals surface area contributed by atoms with E-state index in [9.17, 15) is 19.8 Å². The van der Waals surface area contributed by atoms with E-state index in [1.54, 1.807) is 0 Å². The van der Waals surface area contributed by atoms with Crippen LogP contribution in [0.2, 0.25) is 0 Å². The number of aliphatic hydroxyl groups excluding tert-OH is 2. The Kier molecular flexibility index (Phi) is 11.7. The molecule has 6 aliphatic rings. The topological polar surface area (TPSA) is 139 Å². The van der Waals surface area contributed by atoms with Gasteiger partial charge in [-0.1, -0.05) is 25.7 Å². The molecule has 2 aliphatic carbocycles. The zero-order valence-electron chi connectivity index (χ0n) is 24.8. The fraction of sp³-hybridized carbons (Fsp3) is 0.933. The first-order valence-corrected chi connectivity index (χ1v) is 14.9. The molecule has 6 atom stereocenters. The highest BCUT2D eigenvalue weighted by Crippen LogP contribution is 2.45. The van der Waals surface area contributed by atoms with E-state index >= 15 is 0 Å². The molecule has 0 aromatic heterocycles. The van der Waals surface area contributed by atoms with Crippen LogP contribution in [0.1, 0.15) is 131 Å². The van der Waals surface area contributed by atoms with Crippen molar-refractivity contribution >= 4 is 11.9 Å². The van der Waals surface area contributed by atoms with Crippen molar-refractivity contribution in [3.05, 3.63) is 0 Å². The number of carbonyl (C=O) groups is 2. The molecular weight excluding hydrogens is 484 g/mol. The molecule has 38 heavy (non-hydrogen) atoms. The molecule has 0 aromatic carbocycles. The quantitative estimate of drug-likeness (QED) is 0.228. The van der Waals surface area contributed by atoms with Crippen molar-refractivity contribution in [3.63, 3.8) is 0 Å². The Hall–Kier alpha value is -1.22. The minimum Gasteiger partial charge on any atom is -0.481 e. The van der Waals surface area contributed by atoms with Gasteiger partial charge in [-0.3, -0.25) is 9.59 Å². The molecule has 6 unspecified atom stereocenters. The smallest absolute Gasteiger partial charge is 0.303 e. The van der Waals surface area contributed by atoms with E-state index in [4.69, 9.17) is 10.2 Å². The molecule has 8 nitrogen and oxygen atoms in total. The largest absolute Gasteiger partial charge is 0.481 e. The molecule has 8 heteroatoms. The number of hydrogen-bond donors (Lipinski definition) is 6. The number of hydrogen-bond acceptors (Lipinski definition) is 6. The van der Waals surface area contributed by atoms with Crippen LogP contribution >= 0.6 is 0 Å². The first-order valence-electron chi connectivity index (χ1n) is 14.9. The third kappa shape index (κ3) is 9.76. The molecule has 4 aliphatic heterocycles. The monoisotopic (exact) mass is 540 g/mol. The lowest BCUT2D eigenvalue weighted by molar-refractivity contribution is -0.138. The highest BCUT2D eigenvalue weighted by Gasteiger charge is 2.52.